The van der Waals surface area contributed by atoms with Crippen molar-refractivity contribution in [2.75, 3.05) is 19.8 Å². The zero-order valence-electron chi connectivity index (χ0n) is 42.6. The fourth-order valence-corrected chi connectivity index (χ4v) is 7.18. The lowest BCUT2D eigenvalue weighted by atomic mass is 10.1. The van der Waals surface area contributed by atoms with E-state index < -0.39 is 0 Å². The molecule has 0 bridgehead atoms. The Morgan fingerprint density at radius 2 is 0.614 bits per heavy atom. The van der Waals surface area contributed by atoms with E-state index in [0.717, 1.165) is 89.9 Å². The maximum Gasteiger partial charge on any atom is 0.159 e. The number of hydrogen-bond acceptors (Lipinski definition) is 9. The number of nitrogens with zero attached hydrogens (tertiary/aromatic N) is 6. The molecule has 6 aromatic rings. The van der Waals surface area contributed by atoms with E-state index in [1.54, 1.807) is 0 Å². The van der Waals surface area contributed by atoms with Crippen LogP contribution in [0.15, 0.2) is 110 Å². The summed E-state index contributed by atoms with van der Waals surface area (Å²) in [5, 5.41) is 0.412. The first-order chi connectivity index (χ1) is 34.1. The van der Waals surface area contributed by atoms with Crippen molar-refractivity contribution in [3.8, 4) is 51.4 Å². The number of benzene rings is 3. The lowest BCUT2D eigenvalue weighted by Gasteiger charge is -2.08. The summed E-state index contributed by atoms with van der Waals surface area (Å²) >= 11 is 17.7. The number of unbranched alkanes of at least 4 members (excludes halogenated alkanes) is 7. The number of ether oxygens (including phenoxy) is 3. The third-order valence-corrected chi connectivity index (χ3v) is 11.9. The molecule has 3 aromatic heterocycles. The third-order valence-electron chi connectivity index (χ3n) is 11.3. The molecule has 70 heavy (non-hydrogen) atoms. The number of rotatable bonds is 28. The minimum absolute atomic E-state index is 0.137. The van der Waals surface area contributed by atoms with Gasteiger partial charge in [0.05, 0.1) is 19.8 Å². The first-order valence-corrected chi connectivity index (χ1v) is 26.9. The minimum atomic E-state index is 0.137. The fraction of sp³-hybridized carbons (Fsp3) is 0.483. The van der Waals surface area contributed by atoms with Gasteiger partial charge in [0.2, 0.25) is 0 Å². The summed E-state index contributed by atoms with van der Waals surface area (Å²) < 4.78 is 17.0. The quantitative estimate of drug-likeness (QED) is 0.0351. The first kappa shape index (κ1) is 57.7. The van der Waals surface area contributed by atoms with Gasteiger partial charge in [-0.1, -0.05) is 65.7 Å². The van der Waals surface area contributed by atoms with Crippen LogP contribution in [0, 0.1) is 0 Å². The topological polar surface area (TPSA) is 105 Å². The Balaban J connectivity index is 0.000000229. The van der Waals surface area contributed by atoms with Crippen molar-refractivity contribution in [1.29, 1.82) is 0 Å². The summed E-state index contributed by atoms with van der Waals surface area (Å²) in [7, 11) is 0. The predicted molar refractivity (Wildman–Crippen MR) is 293 cm³/mol. The molecule has 0 aliphatic rings. The smallest absolute Gasteiger partial charge is 0.159 e. The van der Waals surface area contributed by atoms with Crippen LogP contribution in [-0.2, 0) is 19.3 Å². The van der Waals surface area contributed by atoms with Gasteiger partial charge in [-0.2, -0.15) is 0 Å². The molecule has 3 atom stereocenters. The van der Waals surface area contributed by atoms with Crippen LogP contribution in [-0.4, -0.2) is 65.9 Å². The zero-order valence-corrected chi connectivity index (χ0v) is 44.9. The van der Waals surface area contributed by atoms with Gasteiger partial charge in [-0.05, 0) is 168 Å². The van der Waals surface area contributed by atoms with Crippen molar-refractivity contribution in [3.63, 3.8) is 0 Å². The lowest BCUT2D eigenvalue weighted by molar-refractivity contribution is 0.310. The number of hydrogen-bond donors (Lipinski definition) is 0. The highest BCUT2D eigenvalue weighted by Crippen LogP contribution is 2.23. The molecule has 3 unspecified atom stereocenters. The van der Waals surface area contributed by atoms with Gasteiger partial charge in [0.25, 0.3) is 0 Å². The van der Waals surface area contributed by atoms with E-state index >= 15 is 0 Å². The fourth-order valence-electron chi connectivity index (χ4n) is 6.91. The van der Waals surface area contributed by atoms with Gasteiger partial charge in [-0.25, -0.2) is 29.9 Å². The molecule has 0 N–H and O–H groups in total. The van der Waals surface area contributed by atoms with Crippen molar-refractivity contribution >= 4 is 34.8 Å². The molecule has 0 radical (unpaired) electrons. The maximum absolute atomic E-state index is 5.92. The average Bonchev–Trinajstić information content (AvgIpc) is 3.37. The second-order valence-corrected chi connectivity index (χ2v) is 20.0. The van der Waals surface area contributed by atoms with Crippen molar-refractivity contribution in [2.24, 2.45) is 0 Å². The number of alkyl halides is 3. The van der Waals surface area contributed by atoms with Gasteiger partial charge in [-0.15, -0.1) is 34.8 Å². The van der Waals surface area contributed by atoms with Crippen LogP contribution < -0.4 is 14.2 Å². The Hall–Kier alpha value is -4.83. The molecule has 0 aliphatic heterocycles. The molecule has 3 aromatic carbocycles. The molecule has 12 heteroatoms. The van der Waals surface area contributed by atoms with Crippen LogP contribution in [0.4, 0.5) is 0 Å². The summed E-state index contributed by atoms with van der Waals surface area (Å²) in [5.41, 5.74) is 6.63. The summed E-state index contributed by atoms with van der Waals surface area (Å²) in [6, 6.07) is 23.7. The number of aryl methyl sites for hydroxylation is 3. The molecule has 0 aliphatic carbocycles. The van der Waals surface area contributed by atoms with Crippen LogP contribution in [0.5, 0.6) is 17.2 Å². The van der Waals surface area contributed by atoms with Gasteiger partial charge in [0, 0.05) is 70.0 Å². The predicted octanol–water partition coefficient (Wildman–Crippen LogP) is 16.2. The molecule has 0 fully saturated rings. The monoisotopic (exact) mass is 1010 g/mol. The molecular formula is C58H77Cl3N6O3. The Morgan fingerprint density at radius 3 is 0.900 bits per heavy atom. The highest BCUT2D eigenvalue weighted by molar-refractivity contribution is 6.20. The van der Waals surface area contributed by atoms with Gasteiger partial charge < -0.3 is 14.2 Å². The Labute approximate surface area is 435 Å². The Bertz CT molecular complexity index is 2230. The van der Waals surface area contributed by atoms with Crippen molar-refractivity contribution in [1.82, 2.24) is 29.9 Å². The van der Waals surface area contributed by atoms with E-state index in [9.17, 15) is 0 Å². The summed E-state index contributed by atoms with van der Waals surface area (Å²) in [4.78, 5) is 26.9. The zero-order chi connectivity index (χ0) is 50.2. The van der Waals surface area contributed by atoms with E-state index in [-0.39, 0.29) is 16.1 Å². The van der Waals surface area contributed by atoms with Gasteiger partial charge in [0.15, 0.2) is 17.5 Å². The summed E-state index contributed by atoms with van der Waals surface area (Å²) in [6.07, 6.45) is 29.8. The van der Waals surface area contributed by atoms with E-state index in [1.165, 1.54) is 80.9 Å². The first-order valence-electron chi connectivity index (χ1n) is 25.6. The van der Waals surface area contributed by atoms with E-state index in [4.69, 9.17) is 49.0 Å². The van der Waals surface area contributed by atoms with Crippen LogP contribution in [0.25, 0.3) is 34.2 Å². The van der Waals surface area contributed by atoms with E-state index in [0.29, 0.717) is 19.8 Å². The maximum atomic E-state index is 5.92. The van der Waals surface area contributed by atoms with Crippen LogP contribution in [0.3, 0.4) is 0 Å². The molecule has 0 spiro atoms. The van der Waals surface area contributed by atoms with Gasteiger partial charge in [-0.3, -0.25) is 0 Å². The molecule has 6 rings (SSSR count). The number of halogens is 3. The van der Waals surface area contributed by atoms with E-state index in [1.807, 2.05) is 131 Å². The van der Waals surface area contributed by atoms with Gasteiger partial charge in [0.1, 0.15) is 17.2 Å². The molecule has 0 saturated heterocycles. The Kier molecular flexibility index (Phi) is 28.4. The van der Waals surface area contributed by atoms with Crippen molar-refractivity contribution in [3.05, 3.63) is 127 Å². The second kappa shape index (κ2) is 34.5. The van der Waals surface area contributed by atoms with Gasteiger partial charge >= 0.3 is 0 Å². The van der Waals surface area contributed by atoms with Crippen LogP contribution in [0.2, 0.25) is 0 Å². The molecule has 0 saturated carbocycles. The Morgan fingerprint density at radius 1 is 0.357 bits per heavy atom. The molecule has 378 valence electrons. The van der Waals surface area contributed by atoms with Crippen LogP contribution in [0.1, 0.15) is 142 Å². The minimum Gasteiger partial charge on any atom is -0.494 e. The summed E-state index contributed by atoms with van der Waals surface area (Å²) in [5.74, 6) is 4.81. The lowest BCUT2D eigenvalue weighted by Crippen LogP contribution is -2.03. The molecule has 3 heterocycles. The normalized spacial score (nSPS) is 12.1. The molecule has 9 nitrogen and oxygen atoms in total. The van der Waals surface area contributed by atoms with Crippen molar-refractivity contribution < 1.29 is 14.2 Å². The van der Waals surface area contributed by atoms with Crippen molar-refractivity contribution in [2.45, 2.75) is 160 Å². The largest absolute Gasteiger partial charge is 0.494 e. The average molecular weight is 1010 g/mol. The molecular weight excluding hydrogens is 935 g/mol. The summed E-state index contributed by atoms with van der Waals surface area (Å²) in [6.45, 7) is 14.4. The highest BCUT2D eigenvalue weighted by Gasteiger charge is 2.07. The second-order valence-electron chi connectivity index (χ2n) is 17.8. The number of aromatic nitrogens is 6. The molecule has 0 amide bonds. The SMILES string of the molecule is CCCCCCCc1cnc(-c2ccc(OCCC(C)Cl)cc2)nc1.CCCCCc1cnc(-c2ccc(OCCC(C)Cl)cc2)nc1.CCCCc1cnc(-c2ccc(OCCC(C)Cl)cc2)nc1. The van der Waals surface area contributed by atoms with E-state index in [2.05, 4.69) is 50.7 Å². The standard InChI is InChI=1S/C21H29ClN2O.C19H25ClN2O.C18H23ClN2O/c1-3-4-5-6-7-8-18-15-23-21(24-16-18)19-9-11-20(12-10-19)25-14-13-17(2)22;1-3-4-5-6-16-13-21-19(22-14-16)17-7-9-18(10-8-17)23-12-11-15(2)20;1-3-4-5-15-12-20-18(21-13-15)16-6-8-17(9-7-16)22-11-10-14(2)19/h9-12,15-17H,3-8,13-14H2,1-2H3;7-10,13-15H,3-6,11-12H2,1-2H3;6-9,12-14H,3-5,10-11H2,1-2H3. The highest BCUT2D eigenvalue weighted by atomic mass is 35.5. The third kappa shape index (κ3) is 23.9. The van der Waals surface area contributed by atoms with Crippen LogP contribution >= 0.6 is 34.8 Å².